The van der Waals surface area contributed by atoms with Crippen molar-refractivity contribution in [1.29, 1.82) is 0 Å². The molecule has 0 unspecified atom stereocenters. The zero-order valence-electron chi connectivity index (χ0n) is 6.64. The summed E-state index contributed by atoms with van der Waals surface area (Å²) in [6.07, 6.45) is 3.55. The summed E-state index contributed by atoms with van der Waals surface area (Å²) >= 11 is 0. The minimum atomic E-state index is -0.570. The van der Waals surface area contributed by atoms with Gasteiger partial charge in [-0.15, -0.1) is 0 Å². The van der Waals surface area contributed by atoms with Gasteiger partial charge in [0.15, 0.2) is 0 Å². The zero-order chi connectivity index (χ0) is 8.55. The lowest BCUT2D eigenvalue weighted by molar-refractivity contribution is 0.126. The normalized spacial score (nSPS) is 34.4. The Hall–Kier alpha value is -1.03. The molecule has 2 aliphatic rings. The van der Waals surface area contributed by atoms with Gasteiger partial charge >= 0.3 is 6.09 Å². The number of rotatable bonds is 0. The Labute approximate surface area is 70.4 Å². The van der Waals surface area contributed by atoms with Gasteiger partial charge in [0.25, 0.3) is 0 Å². The zero-order valence-corrected chi connectivity index (χ0v) is 6.64. The number of hydrogen-bond donors (Lipinski definition) is 1. The molecular weight excluding hydrogens is 158 g/mol. The molecule has 12 heavy (non-hydrogen) atoms. The summed E-state index contributed by atoms with van der Waals surface area (Å²) in [6.45, 7) is 0.960. The van der Waals surface area contributed by atoms with Crippen LogP contribution in [0, 0.1) is 0 Å². The number of fused-ring (bicyclic) bond motifs is 1. The van der Waals surface area contributed by atoms with Crippen LogP contribution in [-0.2, 0) is 4.74 Å². The summed E-state index contributed by atoms with van der Waals surface area (Å²) in [5.41, 5.74) is 0. The van der Waals surface area contributed by atoms with E-state index in [-0.39, 0.29) is 12.1 Å². The molecule has 1 saturated heterocycles. The Kier molecular flexibility index (Phi) is 1.77. The minimum absolute atomic E-state index is 0.170. The molecule has 2 aliphatic heterocycles. The predicted molar refractivity (Wildman–Crippen MR) is 41.6 cm³/mol. The van der Waals surface area contributed by atoms with Gasteiger partial charge in [0.1, 0.15) is 6.61 Å². The molecule has 2 rings (SSSR count). The van der Waals surface area contributed by atoms with E-state index in [0.29, 0.717) is 13.2 Å². The second-order valence-corrected chi connectivity index (χ2v) is 3.05. The van der Waals surface area contributed by atoms with Gasteiger partial charge in [0, 0.05) is 6.54 Å². The molecule has 0 spiro atoms. The maximum Gasteiger partial charge on any atom is 0.410 e. The van der Waals surface area contributed by atoms with Crippen molar-refractivity contribution in [2.45, 2.75) is 18.6 Å². The minimum Gasteiger partial charge on any atom is -0.447 e. The third kappa shape index (κ3) is 1.08. The first-order chi connectivity index (χ1) is 5.79. The van der Waals surface area contributed by atoms with Crippen molar-refractivity contribution in [2.24, 2.45) is 0 Å². The fraction of sp³-hybridized carbons (Fsp3) is 0.625. The van der Waals surface area contributed by atoms with Crippen LogP contribution in [-0.4, -0.2) is 41.4 Å². The van der Waals surface area contributed by atoms with Crippen LogP contribution in [0.1, 0.15) is 6.42 Å². The standard InChI is InChI=1S/C8H11NO3/c10-7-3-1-2-4-9-6(7)5-12-8(9)11/h1,3,6-7,10H,2,4-5H2/t6-,7-/m1/s1. The molecule has 66 valence electrons. The second kappa shape index (κ2) is 2.79. The summed E-state index contributed by atoms with van der Waals surface area (Å²) in [4.78, 5) is 12.7. The largest absolute Gasteiger partial charge is 0.447 e. The maximum atomic E-state index is 11.1. The molecule has 0 radical (unpaired) electrons. The fourth-order valence-corrected chi connectivity index (χ4v) is 1.58. The van der Waals surface area contributed by atoms with Gasteiger partial charge in [-0.25, -0.2) is 4.79 Å². The van der Waals surface area contributed by atoms with E-state index < -0.39 is 6.10 Å². The van der Waals surface area contributed by atoms with Gasteiger partial charge in [-0.3, -0.25) is 4.90 Å². The predicted octanol–water partition coefficient (Wildman–Crippen LogP) is 0.128. The number of carbonyl (C=O) groups excluding carboxylic acids is 1. The quantitative estimate of drug-likeness (QED) is 0.524. The van der Waals surface area contributed by atoms with Gasteiger partial charge in [-0.2, -0.15) is 0 Å². The van der Waals surface area contributed by atoms with E-state index in [9.17, 15) is 9.90 Å². The summed E-state index contributed by atoms with van der Waals surface area (Å²) < 4.78 is 4.82. The Morgan fingerprint density at radius 2 is 2.50 bits per heavy atom. The third-order valence-corrected chi connectivity index (χ3v) is 2.28. The Bertz CT molecular complexity index is 226. The van der Waals surface area contributed by atoms with Crippen LogP contribution in [0.25, 0.3) is 0 Å². The molecule has 2 heterocycles. The molecule has 4 heteroatoms. The third-order valence-electron chi connectivity index (χ3n) is 2.28. The monoisotopic (exact) mass is 169 g/mol. The number of carbonyl (C=O) groups is 1. The first-order valence-corrected chi connectivity index (χ1v) is 4.07. The van der Waals surface area contributed by atoms with Crippen molar-refractivity contribution in [3.63, 3.8) is 0 Å². The molecule has 0 bridgehead atoms. The van der Waals surface area contributed by atoms with Crippen molar-refractivity contribution < 1.29 is 14.6 Å². The summed E-state index contributed by atoms with van der Waals surface area (Å²) in [5, 5.41) is 9.52. The number of amides is 1. The highest BCUT2D eigenvalue weighted by atomic mass is 16.6. The number of nitrogens with zero attached hydrogens (tertiary/aromatic N) is 1. The Morgan fingerprint density at radius 1 is 1.67 bits per heavy atom. The van der Waals surface area contributed by atoms with E-state index in [1.807, 2.05) is 6.08 Å². The molecule has 0 saturated carbocycles. The van der Waals surface area contributed by atoms with Gasteiger partial charge < -0.3 is 9.84 Å². The molecule has 0 aromatic rings. The van der Waals surface area contributed by atoms with Crippen LogP contribution in [0.5, 0.6) is 0 Å². The van der Waals surface area contributed by atoms with Crippen LogP contribution >= 0.6 is 0 Å². The lowest BCUT2D eigenvalue weighted by Gasteiger charge is -2.20. The summed E-state index contributed by atoms with van der Waals surface area (Å²) in [6, 6.07) is -0.170. The molecule has 0 aromatic heterocycles. The number of aliphatic hydroxyl groups is 1. The number of cyclic esters (lactones) is 1. The Balaban J connectivity index is 2.18. The smallest absolute Gasteiger partial charge is 0.410 e. The highest BCUT2D eigenvalue weighted by Gasteiger charge is 2.37. The van der Waals surface area contributed by atoms with Crippen LogP contribution in [0.15, 0.2) is 12.2 Å². The average molecular weight is 169 g/mol. The number of hydrogen-bond acceptors (Lipinski definition) is 3. The lowest BCUT2D eigenvalue weighted by atomic mass is 10.1. The van der Waals surface area contributed by atoms with Crippen molar-refractivity contribution in [3.05, 3.63) is 12.2 Å². The van der Waals surface area contributed by atoms with E-state index >= 15 is 0 Å². The lowest BCUT2D eigenvalue weighted by Crippen LogP contribution is -2.40. The average Bonchev–Trinajstić information content (AvgIpc) is 2.30. The molecule has 1 fully saturated rings. The number of ether oxygens (including phenoxy) is 1. The number of aliphatic hydroxyl groups excluding tert-OH is 1. The van der Waals surface area contributed by atoms with E-state index in [0.717, 1.165) is 6.42 Å². The SMILES string of the molecule is O=C1OC[C@@H]2[C@H](O)C=CCCN12. The topological polar surface area (TPSA) is 49.8 Å². The highest BCUT2D eigenvalue weighted by Crippen LogP contribution is 2.19. The van der Waals surface area contributed by atoms with Crippen LogP contribution < -0.4 is 0 Å². The molecule has 4 nitrogen and oxygen atoms in total. The molecule has 1 N–H and O–H groups in total. The van der Waals surface area contributed by atoms with Crippen molar-refractivity contribution in [3.8, 4) is 0 Å². The molecule has 0 aliphatic carbocycles. The van der Waals surface area contributed by atoms with Crippen molar-refractivity contribution >= 4 is 6.09 Å². The second-order valence-electron chi connectivity index (χ2n) is 3.05. The van der Waals surface area contributed by atoms with Gasteiger partial charge in [-0.1, -0.05) is 12.2 Å². The van der Waals surface area contributed by atoms with Gasteiger partial charge in [-0.05, 0) is 6.42 Å². The van der Waals surface area contributed by atoms with Crippen LogP contribution in [0.3, 0.4) is 0 Å². The highest BCUT2D eigenvalue weighted by molar-refractivity contribution is 5.70. The Morgan fingerprint density at radius 3 is 3.33 bits per heavy atom. The molecular formula is C8H11NO3. The van der Waals surface area contributed by atoms with E-state index in [1.54, 1.807) is 11.0 Å². The first kappa shape index (κ1) is 7.61. The van der Waals surface area contributed by atoms with Gasteiger partial charge in [0.05, 0.1) is 12.1 Å². The van der Waals surface area contributed by atoms with E-state index in [2.05, 4.69) is 0 Å². The van der Waals surface area contributed by atoms with Crippen molar-refractivity contribution in [1.82, 2.24) is 4.90 Å². The summed E-state index contributed by atoms with van der Waals surface area (Å²) in [7, 11) is 0. The van der Waals surface area contributed by atoms with Crippen LogP contribution in [0.2, 0.25) is 0 Å². The molecule has 0 aromatic carbocycles. The summed E-state index contributed by atoms with van der Waals surface area (Å²) in [5.74, 6) is 0. The molecule has 1 amide bonds. The first-order valence-electron chi connectivity index (χ1n) is 4.07. The van der Waals surface area contributed by atoms with Gasteiger partial charge in [0.2, 0.25) is 0 Å². The maximum absolute atomic E-state index is 11.1. The van der Waals surface area contributed by atoms with Crippen molar-refractivity contribution in [2.75, 3.05) is 13.2 Å². The fourth-order valence-electron chi connectivity index (χ4n) is 1.58. The molecule has 2 atom stereocenters. The van der Waals surface area contributed by atoms with Crippen LogP contribution in [0.4, 0.5) is 4.79 Å². The van der Waals surface area contributed by atoms with E-state index in [1.165, 1.54) is 0 Å². The van der Waals surface area contributed by atoms with E-state index in [4.69, 9.17) is 4.74 Å².